The highest BCUT2D eigenvalue weighted by Gasteiger charge is 2.13. The highest BCUT2D eigenvalue weighted by atomic mass is 16.2. The predicted molar refractivity (Wildman–Crippen MR) is 68.8 cm³/mol. The van der Waals surface area contributed by atoms with Gasteiger partial charge in [0.05, 0.1) is 0 Å². The molecule has 0 aliphatic rings. The molecular weight excluding hydrogens is 246 g/mol. The largest absolute Gasteiger partial charge is 0.399 e. The van der Waals surface area contributed by atoms with Crippen molar-refractivity contribution >= 4 is 23.8 Å². The highest BCUT2D eigenvalue weighted by Crippen LogP contribution is 2.06. The van der Waals surface area contributed by atoms with Crippen LogP contribution in [-0.2, 0) is 0 Å². The number of nitrogens with one attached hydrogen (secondary N) is 2. The quantitative estimate of drug-likeness (QED) is 0.433. The number of carbonyl (C=O) groups is 3. The number of H-pyrrole nitrogens is 1. The lowest BCUT2D eigenvalue weighted by Gasteiger charge is -2.03. The molecule has 0 saturated heterocycles. The maximum atomic E-state index is 11.8. The van der Waals surface area contributed by atoms with Gasteiger partial charge in [-0.1, -0.05) is 0 Å². The third kappa shape index (κ3) is 2.86. The van der Waals surface area contributed by atoms with Gasteiger partial charge in [-0.2, -0.15) is 0 Å². The van der Waals surface area contributed by atoms with Crippen LogP contribution in [0.3, 0.4) is 0 Å². The molecular formula is C13H11N3O3. The Morgan fingerprint density at radius 3 is 2.42 bits per heavy atom. The molecule has 2 aromatic rings. The number of nitrogen functional groups attached to an aromatic ring is 1. The molecule has 0 atom stereocenters. The number of amides is 2. The molecule has 6 heteroatoms. The first kappa shape index (κ1) is 12.6. The van der Waals surface area contributed by atoms with E-state index in [0.29, 0.717) is 23.1 Å². The van der Waals surface area contributed by atoms with Gasteiger partial charge in [0, 0.05) is 23.0 Å². The first-order valence-electron chi connectivity index (χ1n) is 5.45. The molecule has 2 amide bonds. The number of aromatic nitrogens is 1. The molecule has 1 heterocycles. The Labute approximate surface area is 108 Å². The Kier molecular flexibility index (Phi) is 3.42. The molecule has 0 radical (unpaired) electrons. The number of aldehydes is 1. The average molecular weight is 257 g/mol. The van der Waals surface area contributed by atoms with Crippen LogP contribution in [0, 0.1) is 0 Å². The summed E-state index contributed by atoms with van der Waals surface area (Å²) in [5.74, 6) is -1.14. The predicted octanol–water partition coefficient (Wildman–Crippen LogP) is 0.980. The monoisotopic (exact) mass is 257 g/mol. The second-order valence-corrected chi connectivity index (χ2v) is 3.87. The van der Waals surface area contributed by atoms with E-state index in [1.807, 2.05) is 0 Å². The number of hydrogen-bond acceptors (Lipinski definition) is 4. The summed E-state index contributed by atoms with van der Waals surface area (Å²) in [4.78, 5) is 36.6. The molecule has 0 saturated carbocycles. The topological polar surface area (TPSA) is 105 Å². The van der Waals surface area contributed by atoms with Crippen molar-refractivity contribution in [2.24, 2.45) is 0 Å². The molecule has 0 bridgehead atoms. The maximum Gasteiger partial charge on any atom is 0.274 e. The molecule has 0 aliphatic heterocycles. The van der Waals surface area contributed by atoms with Crippen molar-refractivity contribution in [3.8, 4) is 0 Å². The number of carbonyl (C=O) groups excluding carboxylic acids is 3. The summed E-state index contributed by atoms with van der Waals surface area (Å²) in [7, 11) is 0. The first-order chi connectivity index (χ1) is 9.10. The van der Waals surface area contributed by atoms with Crippen LogP contribution in [0.4, 0.5) is 5.69 Å². The van der Waals surface area contributed by atoms with Crippen LogP contribution in [0.2, 0.25) is 0 Å². The zero-order chi connectivity index (χ0) is 13.8. The standard InChI is InChI=1S/C13H11N3O3/c14-10-3-1-9(2-4-10)12(18)16-13(19)11-5-8(7-17)6-15-11/h1-7,15H,14H2,(H,16,18,19). The van der Waals surface area contributed by atoms with E-state index < -0.39 is 11.8 Å². The second kappa shape index (κ2) is 5.18. The van der Waals surface area contributed by atoms with Crippen molar-refractivity contribution < 1.29 is 14.4 Å². The number of aromatic amines is 1. The van der Waals surface area contributed by atoms with E-state index in [4.69, 9.17) is 5.73 Å². The molecule has 19 heavy (non-hydrogen) atoms. The number of imide groups is 1. The number of nitrogens with two attached hydrogens (primary N) is 1. The number of anilines is 1. The maximum absolute atomic E-state index is 11.8. The lowest BCUT2D eigenvalue weighted by Crippen LogP contribution is -2.30. The Balaban J connectivity index is 2.08. The molecule has 1 aromatic carbocycles. The molecule has 1 aromatic heterocycles. The highest BCUT2D eigenvalue weighted by molar-refractivity contribution is 6.10. The summed E-state index contributed by atoms with van der Waals surface area (Å²) in [6.07, 6.45) is 1.99. The summed E-state index contributed by atoms with van der Waals surface area (Å²) in [5.41, 5.74) is 6.84. The van der Waals surface area contributed by atoms with Crippen LogP contribution in [0.25, 0.3) is 0 Å². The fraction of sp³-hybridized carbons (Fsp3) is 0. The van der Waals surface area contributed by atoms with E-state index in [-0.39, 0.29) is 5.69 Å². The fourth-order valence-corrected chi connectivity index (χ4v) is 1.49. The number of benzene rings is 1. The van der Waals surface area contributed by atoms with Gasteiger partial charge in [0.1, 0.15) is 5.69 Å². The van der Waals surface area contributed by atoms with Crippen molar-refractivity contribution in [2.75, 3.05) is 5.73 Å². The smallest absolute Gasteiger partial charge is 0.274 e. The number of hydrogen-bond donors (Lipinski definition) is 3. The Morgan fingerprint density at radius 1 is 1.16 bits per heavy atom. The van der Waals surface area contributed by atoms with Crippen molar-refractivity contribution in [1.82, 2.24) is 10.3 Å². The first-order valence-corrected chi connectivity index (χ1v) is 5.45. The minimum absolute atomic E-state index is 0.144. The van der Waals surface area contributed by atoms with Crippen molar-refractivity contribution in [3.05, 3.63) is 53.3 Å². The minimum atomic E-state index is -0.602. The van der Waals surface area contributed by atoms with Crippen LogP contribution in [0.15, 0.2) is 36.5 Å². The summed E-state index contributed by atoms with van der Waals surface area (Å²) < 4.78 is 0. The van der Waals surface area contributed by atoms with Crippen molar-refractivity contribution in [2.45, 2.75) is 0 Å². The lowest BCUT2D eigenvalue weighted by molar-refractivity contribution is 0.0846. The van der Waals surface area contributed by atoms with Gasteiger partial charge in [-0.25, -0.2) is 0 Å². The van der Waals surface area contributed by atoms with E-state index in [9.17, 15) is 14.4 Å². The van der Waals surface area contributed by atoms with Gasteiger partial charge in [-0.05, 0) is 30.3 Å². The van der Waals surface area contributed by atoms with E-state index >= 15 is 0 Å². The van der Waals surface area contributed by atoms with E-state index in [0.717, 1.165) is 0 Å². The van der Waals surface area contributed by atoms with Crippen LogP contribution in [0.1, 0.15) is 31.2 Å². The second-order valence-electron chi connectivity index (χ2n) is 3.87. The Bertz CT molecular complexity index is 629. The van der Waals surface area contributed by atoms with Gasteiger partial charge in [0.25, 0.3) is 11.8 Å². The van der Waals surface area contributed by atoms with Crippen LogP contribution >= 0.6 is 0 Å². The summed E-state index contributed by atoms with van der Waals surface area (Å²) in [6, 6.07) is 7.53. The fourth-order valence-electron chi connectivity index (χ4n) is 1.49. The van der Waals surface area contributed by atoms with Gasteiger partial charge in [-0.15, -0.1) is 0 Å². The van der Waals surface area contributed by atoms with Gasteiger partial charge in [0.15, 0.2) is 6.29 Å². The molecule has 6 nitrogen and oxygen atoms in total. The normalized spacial score (nSPS) is 9.89. The van der Waals surface area contributed by atoms with E-state index in [2.05, 4.69) is 10.3 Å². The van der Waals surface area contributed by atoms with Crippen molar-refractivity contribution in [1.29, 1.82) is 0 Å². The van der Waals surface area contributed by atoms with E-state index in [1.165, 1.54) is 24.4 Å². The zero-order valence-corrected chi connectivity index (χ0v) is 9.84. The molecule has 0 spiro atoms. The molecule has 0 aliphatic carbocycles. The van der Waals surface area contributed by atoms with Gasteiger partial charge >= 0.3 is 0 Å². The minimum Gasteiger partial charge on any atom is -0.399 e. The van der Waals surface area contributed by atoms with Crippen LogP contribution in [0.5, 0.6) is 0 Å². The molecule has 2 rings (SSSR count). The van der Waals surface area contributed by atoms with Crippen LogP contribution in [-0.4, -0.2) is 23.1 Å². The Morgan fingerprint density at radius 2 is 1.84 bits per heavy atom. The third-order valence-electron chi connectivity index (χ3n) is 2.49. The van der Waals surface area contributed by atoms with Gasteiger partial charge in [-0.3, -0.25) is 19.7 Å². The van der Waals surface area contributed by atoms with Gasteiger partial charge in [0.2, 0.25) is 0 Å². The zero-order valence-electron chi connectivity index (χ0n) is 9.84. The summed E-state index contributed by atoms with van der Waals surface area (Å²) >= 11 is 0. The van der Waals surface area contributed by atoms with E-state index in [1.54, 1.807) is 12.1 Å². The van der Waals surface area contributed by atoms with Crippen LogP contribution < -0.4 is 11.1 Å². The molecule has 96 valence electrons. The molecule has 0 unspecified atom stereocenters. The number of rotatable bonds is 3. The van der Waals surface area contributed by atoms with Crippen molar-refractivity contribution in [3.63, 3.8) is 0 Å². The summed E-state index contributed by atoms with van der Waals surface area (Å²) in [5, 5.41) is 2.20. The Hall–Kier alpha value is -2.89. The third-order valence-corrected chi connectivity index (χ3v) is 2.49. The SMILES string of the molecule is Nc1ccc(C(=O)NC(=O)c2cc(C=O)c[nH]2)cc1. The van der Waals surface area contributed by atoms with Gasteiger partial charge < -0.3 is 10.7 Å². The average Bonchev–Trinajstić information content (AvgIpc) is 2.88. The summed E-state index contributed by atoms with van der Waals surface area (Å²) in [6.45, 7) is 0. The lowest BCUT2D eigenvalue weighted by atomic mass is 10.2. The molecule has 0 fully saturated rings. The molecule has 4 N–H and O–H groups in total.